The van der Waals surface area contributed by atoms with Gasteiger partial charge >= 0.3 is 0 Å². The van der Waals surface area contributed by atoms with Crippen molar-refractivity contribution in [1.29, 1.82) is 0 Å². The van der Waals surface area contributed by atoms with Gasteiger partial charge in [0.25, 0.3) is 0 Å². The fourth-order valence-electron chi connectivity index (χ4n) is 0.730. The molecule has 0 aliphatic rings. The first-order valence-corrected chi connectivity index (χ1v) is 3.34. The van der Waals surface area contributed by atoms with Crippen molar-refractivity contribution in [1.82, 2.24) is 9.97 Å². The Labute approximate surface area is 61.0 Å². The molecule has 0 radical (unpaired) electrons. The molecule has 2 heteroatoms. The van der Waals surface area contributed by atoms with Crippen LogP contribution >= 0.6 is 0 Å². The van der Waals surface area contributed by atoms with Gasteiger partial charge < -0.3 is 4.98 Å². The summed E-state index contributed by atoms with van der Waals surface area (Å²) >= 11 is 0. The monoisotopic (exact) mass is 136 g/mol. The van der Waals surface area contributed by atoms with E-state index in [1.54, 1.807) is 6.33 Å². The summed E-state index contributed by atoms with van der Waals surface area (Å²) in [5, 5.41) is 0. The molecule has 0 aliphatic carbocycles. The Balaban J connectivity index is 2.99. The van der Waals surface area contributed by atoms with Gasteiger partial charge in [0, 0.05) is 0 Å². The SMILES string of the molecule is CC(C)=C(C)c1cnc[nH]1. The molecule has 0 aliphatic heterocycles. The second-order valence-electron chi connectivity index (χ2n) is 2.59. The average Bonchev–Trinajstić information content (AvgIpc) is 2.36. The molecule has 0 atom stereocenters. The molecule has 0 aromatic carbocycles. The standard InChI is InChI=1S/C8H12N2/c1-6(2)7(3)8-4-9-5-10-8/h4-5H,1-3H3,(H,9,10). The molecule has 0 saturated carbocycles. The predicted molar refractivity (Wildman–Crippen MR) is 42.5 cm³/mol. The lowest BCUT2D eigenvalue weighted by molar-refractivity contribution is 1.27. The third-order valence-corrected chi connectivity index (χ3v) is 1.65. The molecule has 1 aromatic rings. The Hall–Kier alpha value is -1.05. The number of hydrogen-bond donors (Lipinski definition) is 1. The summed E-state index contributed by atoms with van der Waals surface area (Å²) < 4.78 is 0. The molecule has 0 saturated heterocycles. The molecule has 54 valence electrons. The Kier molecular flexibility index (Phi) is 1.90. The first kappa shape index (κ1) is 7.06. The van der Waals surface area contributed by atoms with Gasteiger partial charge in [-0.3, -0.25) is 0 Å². The van der Waals surface area contributed by atoms with Crippen molar-refractivity contribution >= 4 is 5.57 Å². The molecule has 1 rings (SSSR count). The van der Waals surface area contributed by atoms with E-state index < -0.39 is 0 Å². The van der Waals surface area contributed by atoms with Crippen LogP contribution in [0.1, 0.15) is 26.5 Å². The number of rotatable bonds is 1. The molecule has 10 heavy (non-hydrogen) atoms. The molecule has 0 unspecified atom stereocenters. The lowest BCUT2D eigenvalue weighted by Gasteiger charge is -1.97. The van der Waals surface area contributed by atoms with E-state index in [0.29, 0.717) is 0 Å². The highest BCUT2D eigenvalue weighted by atomic mass is 14.9. The molecule has 0 amide bonds. The van der Waals surface area contributed by atoms with Crippen molar-refractivity contribution in [3.8, 4) is 0 Å². The highest BCUT2D eigenvalue weighted by molar-refractivity contribution is 5.62. The minimum absolute atomic E-state index is 1.11. The van der Waals surface area contributed by atoms with Gasteiger partial charge in [-0.1, -0.05) is 5.57 Å². The van der Waals surface area contributed by atoms with E-state index in [0.717, 1.165) is 5.69 Å². The minimum Gasteiger partial charge on any atom is -0.345 e. The average molecular weight is 136 g/mol. The first-order valence-electron chi connectivity index (χ1n) is 3.34. The molecule has 1 aromatic heterocycles. The highest BCUT2D eigenvalue weighted by Crippen LogP contribution is 2.13. The highest BCUT2D eigenvalue weighted by Gasteiger charge is 1.96. The number of imidazole rings is 1. The lowest BCUT2D eigenvalue weighted by atomic mass is 10.1. The summed E-state index contributed by atoms with van der Waals surface area (Å²) in [4.78, 5) is 6.99. The summed E-state index contributed by atoms with van der Waals surface area (Å²) in [7, 11) is 0. The Morgan fingerprint density at radius 2 is 2.10 bits per heavy atom. The van der Waals surface area contributed by atoms with Crippen LogP contribution in [-0.4, -0.2) is 9.97 Å². The van der Waals surface area contributed by atoms with E-state index in [1.807, 2.05) is 6.20 Å². The second-order valence-corrected chi connectivity index (χ2v) is 2.59. The number of hydrogen-bond acceptors (Lipinski definition) is 1. The van der Waals surface area contributed by atoms with E-state index >= 15 is 0 Å². The van der Waals surface area contributed by atoms with Crippen LogP contribution in [0.5, 0.6) is 0 Å². The van der Waals surface area contributed by atoms with Gasteiger partial charge in [0.15, 0.2) is 0 Å². The molecular formula is C8H12N2. The summed E-state index contributed by atoms with van der Waals surface area (Å²) in [5.41, 5.74) is 3.71. The molecule has 2 nitrogen and oxygen atoms in total. The number of allylic oxidation sites excluding steroid dienone is 2. The normalized spacial score (nSPS) is 9.50. The fraction of sp³-hybridized carbons (Fsp3) is 0.375. The lowest BCUT2D eigenvalue weighted by Crippen LogP contribution is -1.80. The summed E-state index contributed by atoms with van der Waals surface area (Å²) in [6.07, 6.45) is 3.53. The van der Waals surface area contributed by atoms with Gasteiger partial charge in [-0.2, -0.15) is 0 Å². The van der Waals surface area contributed by atoms with E-state index in [9.17, 15) is 0 Å². The number of H-pyrrole nitrogens is 1. The largest absolute Gasteiger partial charge is 0.345 e. The number of aromatic amines is 1. The van der Waals surface area contributed by atoms with Gasteiger partial charge in [0.2, 0.25) is 0 Å². The summed E-state index contributed by atoms with van der Waals surface area (Å²) in [5.74, 6) is 0. The zero-order chi connectivity index (χ0) is 7.56. The van der Waals surface area contributed by atoms with Crippen LogP contribution in [0.2, 0.25) is 0 Å². The third kappa shape index (κ3) is 1.26. The zero-order valence-electron chi connectivity index (χ0n) is 6.60. The van der Waals surface area contributed by atoms with Gasteiger partial charge in [0.1, 0.15) is 0 Å². The molecular weight excluding hydrogens is 124 g/mol. The van der Waals surface area contributed by atoms with Gasteiger partial charge in [-0.25, -0.2) is 4.98 Å². The van der Waals surface area contributed by atoms with Crippen molar-refractivity contribution in [2.75, 3.05) is 0 Å². The van der Waals surface area contributed by atoms with E-state index in [-0.39, 0.29) is 0 Å². The Bertz CT molecular complexity index is 228. The van der Waals surface area contributed by atoms with Crippen molar-refractivity contribution < 1.29 is 0 Å². The number of nitrogens with zero attached hydrogens (tertiary/aromatic N) is 1. The number of aromatic nitrogens is 2. The summed E-state index contributed by atoms with van der Waals surface area (Å²) in [6.45, 7) is 6.27. The van der Waals surface area contributed by atoms with Crippen LogP contribution in [0.3, 0.4) is 0 Å². The maximum Gasteiger partial charge on any atom is 0.0924 e. The van der Waals surface area contributed by atoms with Crippen LogP contribution in [0.25, 0.3) is 5.57 Å². The zero-order valence-corrected chi connectivity index (χ0v) is 6.60. The molecule has 0 spiro atoms. The topological polar surface area (TPSA) is 28.7 Å². The van der Waals surface area contributed by atoms with Gasteiger partial charge in [0.05, 0.1) is 18.2 Å². The van der Waals surface area contributed by atoms with Crippen molar-refractivity contribution in [3.63, 3.8) is 0 Å². The first-order chi connectivity index (χ1) is 4.72. The molecule has 1 N–H and O–H groups in total. The molecule has 0 bridgehead atoms. The Morgan fingerprint density at radius 3 is 2.50 bits per heavy atom. The van der Waals surface area contributed by atoms with Crippen LogP contribution in [0.4, 0.5) is 0 Å². The van der Waals surface area contributed by atoms with Crippen LogP contribution in [-0.2, 0) is 0 Å². The maximum absolute atomic E-state index is 3.94. The van der Waals surface area contributed by atoms with Crippen molar-refractivity contribution in [3.05, 3.63) is 23.8 Å². The molecule has 0 fully saturated rings. The third-order valence-electron chi connectivity index (χ3n) is 1.65. The Morgan fingerprint density at radius 1 is 1.40 bits per heavy atom. The van der Waals surface area contributed by atoms with Gasteiger partial charge in [-0.15, -0.1) is 0 Å². The van der Waals surface area contributed by atoms with Crippen LogP contribution in [0.15, 0.2) is 18.1 Å². The van der Waals surface area contributed by atoms with E-state index in [1.165, 1.54) is 11.1 Å². The smallest absolute Gasteiger partial charge is 0.0924 e. The van der Waals surface area contributed by atoms with Crippen molar-refractivity contribution in [2.45, 2.75) is 20.8 Å². The van der Waals surface area contributed by atoms with Crippen LogP contribution in [0, 0.1) is 0 Å². The molecule has 1 heterocycles. The van der Waals surface area contributed by atoms with Crippen molar-refractivity contribution in [2.24, 2.45) is 0 Å². The van der Waals surface area contributed by atoms with E-state index in [2.05, 4.69) is 30.7 Å². The summed E-state index contributed by atoms with van der Waals surface area (Å²) in [6, 6.07) is 0. The quantitative estimate of drug-likeness (QED) is 0.630. The predicted octanol–water partition coefficient (Wildman–Crippen LogP) is 2.22. The fourth-order valence-corrected chi connectivity index (χ4v) is 0.730. The number of nitrogens with one attached hydrogen (secondary N) is 1. The minimum atomic E-state index is 1.11. The van der Waals surface area contributed by atoms with E-state index in [4.69, 9.17) is 0 Å². The maximum atomic E-state index is 3.94. The van der Waals surface area contributed by atoms with Gasteiger partial charge in [-0.05, 0) is 26.3 Å². The second kappa shape index (κ2) is 2.69. The van der Waals surface area contributed by atoms with Crippen LogP contribution < -0.4 is 0 Å².